The van der Waals surface area contributed by atoms with Gasteiger partial charge in [0.1, 0.15) is 11.6 Å². The van der Waals surface area contributed by atoms with Crippen LogP contribution < -0.4 is 4.74 Å². The van der Waals surface area contributed by atoms with Gasteiger partial charge < -0.3 is 9.84 Å². The number of ether oxygens (including phenoxy) is 1. The molecule has 0 saturated heterocycles. The molecule has 1 N–H and O–H groups in total. The van der Waals surface area contributed by atoms with Crippen molar-refractivity contribution in [1.82, 2.24) is 0 Å². The quantitative estimate of drug-likeness (QED) is 0.785. The number of rotatable bonds is 7. The van der Waals surface area contributed by atoms with Gasteiger partial charge in [-0.3, -0.25) is 0 Å². The molecule has 21 heavy (non-hydrogen) atoms. The number of carboxylic acid groups (broad SMARTS) is 1. The van der Waals surface area contributed by atoms with E-state index in [2.05, 4.69) is 12.1 Å². The van der Waals surface area contributed by atoms with Crippen molar-refractivity contribution in [2.24, 2.45) is 0 Å². The number of benzene rings is 2. The van der Waals surface area contributed by atoms with Crippen LogP contribution in [-0.4, -0.2) is 17.7 Å². The van der Waals surface area contributed by atoms with Crippen LogP contribution in [0.15, 0.2) is 48.5 Å². The van der Waals surface area contributed by atoms with E-state index in [1.54, 1.807) is 0 Å². The van der Waals surface area contributed by atoms with E-state index < -0.39 is 11.8 Å². The van der Waals surface area contributed by atoms with Crippen LogP contribution in [0.25, 0.3) is 0 Å². The van der Waals surface area contributed by atoms with Gasteiger partial charge in [0.05, 0.1) is 12.2 Å². The summed E-state index contributed by atoms with van der Waals surface area (Å²) in [6.45, 7) is 0.440. The summed E-state index contributed by atoms with van der Waals surface area (Å²) in [5.41, 5.74) is 1.17. The zero-order chi connectivity index (χ0) is 15.1. The number of carboxylic acids is 1. The van der Waals surface area contributed by atoms with Crippen molar-refractivity contribution in [3.05, 3.63) is 65.5 Å². The maximum atomic E-state index is 13.2. The van der Waals surface area contributed by atoms with Gasteiger partial charge in [0.2, 0.25) is 0 Å². The van der Waals surface area contributed by atoms with E-state index >= 15 is 0 Å². The van der Waals surface area contributed by atoms with Gasteiger partial charge in [0.15, 0.2) is 0 Å². The molecule has 0 atom stereocenters. The van der Waals surface area contributed by atoms with Crippen LogP contribution in [0, 0.1) is 5.82 Å². The summed E-state index contributed by atoms with van der Waals surface area (Å²) in [5, 5.41) is 8.85. The molecule has 3 nitrogen and oxygen atoms in total. The summed E-state index contributed by atoms with van der Waals surface area (Å²) in [7, 11) is 0. The fourth-order valence-electron chi connectivity index (χ4n) is 2.04. The zero-order valence-corrected chi connectivity index (χ0v) is 11.6. The third kappa shape index (κ3) is 4.91. The first kappa shape index (κ1) is 15.0. The molecule has 0 spiro atoms. The fourth-order valence-corrected chi connectivity index (χ4v) is 2.04. The molecule has 110 valence electrons. The number of hydrogen-bond donors (Lipinski definition) is 1. The Kier molecular flexibility index (Phi) is 5.32. The van der Waals surface area contributed by atoms with Crippen molar-refractivity contribution < 1.29 is 19.0 Å². The fraction of sp³-hybridized carbons (Fsp3) is 0.235. The summed E-state index contributed by atoms with van der Waals surface area (Å²) in [5.74, 6) is -1.51. The van der Waals surface area contributed by atoms with Crippen LogP contribution >= 0.6 is 0 Å². The van der Waals surface area contributed by atoms with Crippen LogP contribution in [0.5, 0.6) is 5.75 Å². The molecule has 0 fully saturated rings. The normalized spacial score (nSPS) is 10.3. The van der Waals surface area contributed by atoms with Gasteiger partial charge in [0.25, 0.3) is 0 Å². The highest BCUT2D eigenvalue weighted by molar-refractivity contribution is 5.88. The van der Waals surface area contributed by atoms with Crippen molar-refractivity contribution >= 4 is 5.97 Å². The smallest absolute Gasteiger partial charge is 0.335 e. The minimum absolute atomic E-state index is 0.103. The lowest BCUT2D eigenvalue weighted by Crippen LogP contribution is -2.02. The monoisotopic (exact) mass is 288 g/mol. The van der Waals surface area contributed by atoms with E-state index in [1.165, 1.54) is 17.7 Å². The van der Waals surface area contributed by atoms with Crippen LogP contribution in [-0.2, 0) is 6.42 Å². The molecule has 2 rings (SSSR count). The van der Waals surface area contributed by atoms with E-state index in [-0.39, 0.29) is 11.3 Å². The molecule has 0 saturated carbocycles. The van der Waals surface area contributed by atoms with Gasteiger partial charge in [-0.05, 0) is 37.0 Å². The number of hydrogen-bond acceptors (Lipinski definition) is 2. The first-order valence-electron chi connectivity index (χ1n) is 6.86. The highest BCUT2D eigenvalue weighted by atomic mass is 19.1. The predicted molar refractivity (Wildman–Crippen MR) is 78.2 cm³/mol. The largest absolute Gasteiger partial charge is 0.493 e. The molecular formula is C17H17FO3. The van der Waals surface area contributed by atoms with Gasteiger partial charge in [-0.15, -0.1) is 0 Å². The van der Waals surface area contributed by atoms with Gasteiger partial charge in [-0.2, -0.15) is 0 Å². The first-order valence-corrected chi connectivity index (χ1v) is 6.86. The summed E-state index contributed by atoms with van der Waals surface area (Å²) >= 11 is 0. The minimum Gasteiger partial charge on any atom is -0.493 e. The topological polar surface area (TPSA) is 46.5 Å². The van der Waals surface area contributed by atoms with Crippen LogP contribution in [0.4, 0.5) is 4.39 Å². The summed E-state index contributed by atoms with van der Waals surface area (Å²) in [6, 6.07) is 13.7. The summed E-state index contributed by atoms with van der Waals surface area (Å²) in [4.78, 5) is 10.8. The lowest BCUT2D eigenvalue weighted by molar-refractivity contribution is 0.0695. The van der Waals surface area contributed by atoms with Crippen molar-refractivity contribution in [2.45, 2.75) is 19.3 Å². The molecular weight excluding hydrogens is 271 g/mol. The molecule has 0 aromatic heterocycles. The van der Waals surface area contributed by atoms with E-state index in [0.29, 0.717) is 6.61 Å². The standard InChI is InChI=1S/C17H17FO3/c18-15-10-14(17(19)20)11-16(12-15)21-9-5-4-8-13-6-2-1-3-7-13/h1-3,6-7,10-12H,4-5,8-9H2,(H,19,20). The molecule has 4 heteroatoms. The van der Waals surface area contributed by atoms with Crippen LogP contribution in [0.1, 0.15) is 28.8 Å². The third-order valence-corrected chi connectivity index (χ3v) is 3.09. The second kappa shape index (κ2) is 7.43. The number of carbonyl (C=O) groups is 1. The Labute approximate surface area is 123 Å². The molecule has 0 amide bonds. The Balaban J connectivity index is 1.77. The van der Waals surface area contributed by atoms with E-state index in [0.717, 1.165) is 25.3 Å². The molecule has 2 aromatic rings. The molecule has 0 unspecified atom stereocenters. The van der Waals surface area contributed by atoms with Crippen LogP contribution in [0.2, 0.25) is 0 Å². The number of aromatic carboxylic acids is 1. The molecule has 0 aliphatic rings. The molecule has 0 bridgehead atoms. The lowest BCUT2D eigenvalue weighted by atomic mass is 10.1. The number of aryl methyl sites for hydroxylation is 1. The first-order chi connectivity index (χ1) is 10.1. The van der Waals surface area contributed by atoms with Gasteiger partial charge >= 0.3 is 5.97 Å². The molecule has 0 radical (unpaired) electrons. The molecule has 2 aromatic carbocycles. The SMILES string of the molecule is O=C(O)c1cc(F)cc(OCCCCc2ccccc2)c1. The van der Waals surface area contributed by atoms with E-state index in [4.69, 9.17) is 9.84 Å². The summed E-state index contributed by atoms with van der Waals surface area (Å²) < 4.78 is 18.7. The second-order valence-electron chi connectivity index (χ2n) is 4.77. The van der Waals surface area contributed by atoms with Crippen molar-refractivity contribution in [3.63, 3.8) is 0 Å². The highest BCUT2D eigenvalue weighted by Gasteiger charge is 2.07. The van der Waals surface area contributed by atoms with Gasteiger partial charge in [-0.1, -0.05) is 30.3 Å². The zero-order valence-electron chi connectivity index (χ0n) is 11.6. The second-order valence-corrected chi connectivity index (χ2v) is 4.77. The van der Waals surface area contributed by atoms with Crippen molar-refractivity contribution in [3.8, 4) is 5.75 Å². The Hall–Kier alpha value is -2.36. The minimum atomic E-state index is -1.16. The van der Waals surface area contributed by atoms with Crippen LogP contribution in [0.3, 0.4) is 0 Å². The van der Waals surface area contributed by atoms with E-state index in [1.807, 2.05) is 18.2 Å². The van der Waals surface area contributed by atoms with Gasteiger partial charge in [-0.25, -0.2) is 9.18 Å². The van der Waals surface area contributed by atoms with Gasteiger partial charge in [0, 0.05) is 6.07 Å². The Morgan fingerprint density at radius 1 is 1.10 bits per heavy atom. The molecule has 0 aliphatic heterocycles. The highest BCUT2D eigenvalue weighted by Crippen LogP contribution is 2.17. The Morgan fingerprint density at radius 3 is 2.57 bits per heavy atom. The average Bonchev–Trinajstić information content (AvgIpc) is 2.47. The summed E-state index contributed by atoms with van der Waals surface area (Å²) in [6.07, 6.45) is 2.76. The molecule has 0 heterocycles. The third-order valence-electron chi connectivity index (χ3n) is 3.09. The average molecular weight is 288 g/mol. The van der Waals surface area contributed by atoms with Crippen molar-refractivity contribution in [2.75, 3.05) is 6.61 Å². The predicted octanol–water partition coefficient (Wildman–Crippen LogP) is 3.93. The Bertz CT molecular complexity index is 596. The maximum Gasteiger partial charge on any atom is 0.335 e. The maximum absolute atomic E-state index is 13.2. The number of unbranched alkanes of at least 4 members (excludes halogenated alkanes) is 1. The molecule has 0 aliphatic carbocycles. The van der Waals surface area contributed by atoms with E-state index in [9.17, 15) is 9.18 Å². The van der Waals surface area contributed by atoms with Crippen molar-refractivity contribution in [1.29, 1.82) is 0 Å². The number of halogens is 1. The Morgan fingerprint density at radius 2 is 1.86 bits per heavy atom. The lowest BCUT2D eigenvalue weighted by Gasteiger charge is -2.07.